The number of amidine groups is 2. The van der Waals surface area contributed by atoms with E-state index >= 15 is 0 Å². The molecule has 0 fully saturated rings. The lowest BCUT2D eigenvalue weighted by atomic mass is 9.98. The topological polar surface area (TPSA) is 168 Å². The molecule has 0 saturated heterocycles. The van der Waals surface area contributed by atoms with E-state index in [-0.39, 0.29) is 23.8 Å². The van der Waals surface area contributed by atoms with E-state index in [2.05, 4.69) is 0 Å². The quantitative estimate of drug-likeness (QED) is 0.143. The van der Waals surface area contributed by atoms with Crippen molar-refractivity contribution in [2.24, 2.45) is 11.5 Å². The van der Waals surface area contributed by atoms with Crippen LogP contribution in [-0.4, -0.2) is 27.3 Å². The number of carbonyl (C=O) groups is 1. The third-order valence-electron chi connectivity index (χ3n) is 6.50. The van der Waals surface area contributed by atoms with Crippen molar-refractivity contribution < 1.29 is 14.6 Å². The van der Waals surface area contributed by atoms with Gasteiger partial charge in [0.2, 0.25) is 0 Å². The fourth-order valence-electron chi connectivity index (χ4n) is 4.53. The number of aromatic carboxylic acids is 1. The molecule has 0 radical (unpaired) electrons. The Morgan fingerprint density at radius 1 is 0.800 bits per heavy atom. The Balaban J connectivity index is 1.54. The van der Waals surface area contributed by atoms with Crippen LogP contribution in [0.25, 0.3) is 22.0 Å². The third kappa shape index (κ3) is 5.16. The summed E-state index contributed by atoms with van der Waals surface area (Å²) in [5.41, 5.74) is 14.4. The van der Waals surface area contributed by atoms with Gasteiger partial charge in [0.25, 0.3) is 5.56 Å². The molecule has 5 rings (SSSR count). The SMILES string of the molecule is N=C(N)c1cccc(Oc2ccc3cc(C(=O)O)c(=O)n(Cc4ccc(-c5ccccc5C(=N)N)cc4)c3c2)c1. The van der Waals surface area contributed by atoms with Crippen LogP contribution < -0.4 is 21.8 Å². The number of nitrogens with two attached hydrogens (primary N) is 2. The Morgan fingerprint density at radius 2 is 1.52 bits per heavy atom. The summed E-state index contributed by atoms with van der Waals surface area (Å²) in [6.07, 6.45) is 0. The van der Waals surface area contributed by atoms with E-state index in [9.17, 15) is 14.7 Å². The van der Waals surface area contributed by atoms with Crippen molar-refractivity contribution in [3.05, 3.63) is 130 Å². The largest absolute Gasteiger partial charge is 0.477 e. The van der Waals surface area contributed by atoms with E-state index in [4.69, 9.17) is 27.0 Å². The highest BCUT2D eigenvalue weighted by atomic mass is 16.5. The summed E-state index contributed by atoms with van der Waals surface area (Å²) < 4.78 is 7.40. The van der Waals surface area contributed by atoms with Crippen LogP contribution in [-0.2, 0) is 6.54 Å². The van der Waals surface area contributed by atoms with E-state index in [0.717, 1.165) is 16.7 Å². The molecule has 4 aromatic carbocycles. The molecule has 0 aliphatic heterocycles. The van der Waals surface area contributed by atoms with Crippen LogP contribution in [0.2, 0.25) is 0 Å². The van der Waals surface area contributed by atoms with Gasteiger partial charge in [-0.15, -0.1) is 0 Å². The van der Waals surface area contributed by atoms with Crippen molar-refractivity contribution in [2.45, 2.75) is 6.54 Å². The standard InChI is InChI=1S/C31H25N5O4/c32-28(33)21-4-3-5-22(14-21)40-23-13-12-20-15-26(31(38)39)30(37)36(27(20)16-23)17-18-8-10-19(11-9-18)24-6-1-2-7-25(24)29(34)35/h1-16H,17H2,(H3,32,33)(H3,34,35)(H,38,39). The van der Waals surface area contributed by atoms with Crippen molar-refractivity contribution in [2.75, 3.05) is 0 Å². The highest BCUT2D eigenvalue weighted by molar-refractivity contribution is 6.01. The van der Waals surface area contributed by atoms with E-state index < -0.39 is 11.5 Å². The van der Waals surface area contributed by atoms with Gasteiger partial charge in [0.15, 0.2) is 0 Å². The first-order valence-corrected chi connectivity index (χ1v) is 12.3. The summed E-state index contributed by atoms with van der Waals surface area (Å²) >= 11 is 0. The molecule has 0 saturated carbocycles. The van der Waals surface area contributed by atoms with Crippen LogP contribution in [0.15, 0.2) is 102 Å². The number of hydrogen-bond acceptors (Lipinski definition) is 5. The molecule has 0 unspecified atom stereocenters. The number of pyridine rings is 1. The molecule has 0 aliphatic rings. The fourth-order valence-corrected chi connectivity index (χ4v) is 4.53. The second-order valence-electron chi connectivity index (χ2n) is 9.17. The minimum Gasteiger partial charge on any atom is -0.477 e. The van der Waals surface area contributed by atoms with Gasteiger partial charge < -0.3 is 25.9 Å². The summed E-state index contributed by atoms with van der Waals surface area (Å²) in [5.74, 6) is -0.535. The molecule has 0 aliphatic carbocycles. The normalized spacial score (nSPS) is 10.8. The van der Waals surface area contributed by atoms with Crippen molar-refractivity contribution in [1.82, 2.24) is 4.57 Å². The van der Waals surface area contributed by atoms with Crippen LogP contribution in [0, 0.1) is 10.8 Å². The molecular formula is C31H25N5O4. The molecule has 5 aromatic rings. The fraction of sp³-hybridized carbons (Fsp3) is 0.0323. The molecular weight excluding hydrogens is 506 g/mol. The van der Waals surface area contributed by atoms with Gasteiger partial charge in [0.05, 0.1) is 12.1 Å². The number of benzene rings is 4. The smallest absolute Gasteiger partial charge is 0.341 e. The number of hydrogen-bond donors (Lipinski definition) is 5. The average Bonchev–Trinajstić information content (AvgIpc) is 2.95. The Bertz CT molecular complexity index is 1860. The first-order valence-electron chi connectivity index (χ1n) is 12.3. The number of ether oxygens (including phenoxy) is 1. The van der Waals surface area contributed by atoms with Gasteiger partial charge in [0.1, 0.15) is 28.7 Å². The van der Waals surface area contributed by atoms with Crippen LogP contribution >= 0.6 is 0 Å². The molecule has 0 amide bonds. The predicted molar refractivity (Wildman–Crippen MR) is 155 cm³/mol. The minimum atomic E-state index is -1.31. The number of aromatic nitrogens is 1. The maximum atomic E-state index is 13.3. The maximum Gasteiger partial charge on any atom is 0.341 e. The number of nitrogens with one attached hydrogen (secondary N) is 2. The summed E-state index contributed by atoms with van der Waals surface area (Å²) in [7, 11) is 0. The lowest BCUT2D eigenvalue weighted by Gasteiger charge is -2.15. The summed E-state index contributed by atoms with van der Waals surface area (Å²) in [4.78, 5) is 25.2. The molecule has 40 heavy (non-hydrogen) atoms. The van der Waals surface area contributed by atoms with Gasteiger partial charge in [-0.1, -0.05) is 60.7 Å². The van der Waals surface area contributed by atoms with Gasteiger partial charge in [0, 0.05) is 17.2 Å². The Morgan fingerprint density at radius 3 is 2.23 bits per heavy atom. The van der Waals surface area contributed by atoms with Crippen LogP contribution in [0.1, 0.15) is 27.0 Å². The van der Waals surface area contributed by atoms with Crippen LogP contribution in [0.3, 0.4) is 0 Å². The second-order valence-corrected chi connectivity index (χ2v) is 9.17. The minimum absolute atomic E-state index is 0.0331. The van der Waals surface area contributed by atoms with Gasteiger partial charge in [-0.2, -0.15) is 0 Å². The van der Waals surface area contributed by atoms with Crippen LogP contribution in [0.4, 0.5) is 0 Å². The number of rotatable bonds is 8. The van der Waals surface area contributed by atoms with E-state index in [0.29, 0.717) is 33.5 Å². The zero-order valence-corrected chi connectivity index (χ0v) is 21.2. The number of fused-ring (bicyclic) bond motifs is 1. The number of nitrogens with zero attached hydrogens (tertiary/aromatic N) is 1. The van der Waals surface area contributed by atoms with E-state index in [1.807, 2.05) is 42.5 Å². The molecule has 1 heterocycles. The highest BCUT2D eigenvalue weighted by Crippen LogP contribution is 2.28. The van der Waals surface area contributed by atoms with Crippen molar-refractivity contribution in [3.63, 3.8) is 0 Å². The molecule has 0 atom stereocenters. The van der Waals surface area contributed by atoms with Gasteiger partial charge in [-0.25, -0.2) is 4.79 Å². The molecule has 9 nitrogen and oxygen atoms in total. The maximum absolute atomic E-state index is 13.3. The lowest BCUT2D eigenvalue weighted by Crippen LogP contribution is -2.27. The Hall–Kier alpha value is -5.70. The number of carboxylic acid groups (broad SMARTS) is 1. The first kappa shape index (κ1) is 25.9. The van der Waals surface area contributed by atoms with E-state index in [1.165, 1.54) is 10.6 Å². The highest BCUT2D eigenvalue weighted by Gasteiger charge is 2.16. The third-order valence-corrected chi connectivity index (χ3v) is 6.50. The molecule has 9 heteroatoms. The van der Waals surface area contributed by atoms with Crippen LogP contribution in [0.5, 0.6) is 11.5 Å². The predicted octanol–water partition coefficient (Wildman–Crippen LogP) is 4.78. The van der Waals surface area contributed by atoms with E-state index in [1.54, 1.807) is 48.5 Å². The number of carboxylic acids is 1. The summed E-state index contributed by atoms with van der Waals surface area (Å²) in [5, 5.41) is 25.7. The van der Waals surface area contributed by atoms with Crippen molar-refractivity contribution in [1.29, 1.82) is 10.8 Å². The Labute approximate surface area is 228 Å². The first-order chi connectivity index (χ1) is 19.2. The zero-order valence-electron chi connectivity index (χ0n) is 21.2. The van der Waals surface area contributed by atoms with Gasteiger partial charge >= 0.3 is 5.97 Å². The lowest BCUT2D eigenvalue weighted by molar-refractivity contribution is 0.0694. The average molecular weight is 532 g/mol. The summed E-state index contributed by atoms with van der Waals surface area (Å²) in [6, 6.07) is 28.0. The molecule has 0 bridgehead atoms. The molecule has 198 valence electrons. The van der Waals surface area contributed by atoms with Gasteiger partial charge in [-0.05, 0) is 52.4 Å². The second kappa shape index (κ2) is 10.6. The number of nitrogen functional groups attached to an aromatic ring is 2. The van der Waals surface area contributed by atoms with Crippen molar-refractivity contribution in [3.8, 4) is 22.6 Å². The summed E-state index contributed by atoms with van der Waals surface area (Å²) in [6.45, 7) is 0.119. The molecule has 7 N–H and O–H groups in total. The molecule has 0 spiro atoms. The Kier molecular flexibility index (Phi) is 6.86. The van der Waals surface area contributed by atoms with Crippen molar-refractivity contribution >= 4 is 28.5 Å². The monoisotopic (exact) mass is 531 g/mol. The molecule has 1 aromatic heterocycles. The zero-order chi connectivity index (χ0) is 28.4. The van der Waals surface area contributed by atoms with Gasteiger partial charge in [-0.3, -0.25) is 15.6 Å².